The highest BCUT2D eigenvalue weighted by Crippen LogP contribution is 2.28. The van der Waals surface area contributed by atoms with Gasteiger partial charge in [-0.1, -0.05) is 60.5 Å². The Morgan fingerprint density at radius 3 is 2.06 bits per heavy atom. The lowest BCUT2D eigenvalue weighted by Gasteiger charge is -2.07. The molecule has 0 saturated heterocycles. The van der Waals surface area contributed by atoms with Gasteiger partial charge in [-0.2, -0.15) is 0 Å². The lowest BCUT2D eigenvalue weighted by Crippen LogP contribution is -2.02. The third kappa shape index (κ3) is 2.58. The molecule has 0 heterocycles. The quantitative estimate of drug-likeness (QED) is 0.738. The van der Waals surface area contributed by atoms with E-state index < -0.39 is 0 Å². The second-order valence-corrected chi connectivity index (χ2v) is 4.78. The average Bonchev–Trinajstić information content (AvgIpc) is 2.38. The minimum Gasteiger partial charge on any atom is -0.289 e. The van der Waals surface area contributed by atoms with Crippen LogP contribution in [0.5, 0.6) is 0 Å². The molecule has 0 aliphatic rings. The summed E-state index contributed by atoms with van der Waals surface area (Å²) in [4.78, 5) is 12.2. The molecule has 0 aliphatic heterocycles. The van der Waals surface area contributed by atoms with E-state index in [1.165, 1.54) is 0 Å². The molecule has 0 aromatic heterocycles. The molecule has 0 saturated carbocycles. The van der Waals surface area contributed by atoms with Crippen molar-refractivity contribution in [3.05, 3.63) is 69.2 Å². The van der Waals surface area contributed by atoms with Crippen LogP contribution in [0.3, 0.4) is 0 Å². The van der Waals surface area contributed by atoms with Gasteiger partial charge in [-0.3, -0.25) is 4.79 Å². The number of ketones is 1. The van der Waals surface area contributed by atoms with Crippen LogP contribution in [0, 0.1) is 0 Å². The number of carbonyl (C=O) groups excluding carboxylic acids is 1. The van der Waals surface area contributed by atoms with Crippen molar-refractivity contribution in [3.63, 3.8) is 0 Å². The first-order valence-corrected chi connectivity index (χ1v) is 6.46. The van der Waals surface area contributed by atoms with Crippen LogP contribution in [0.15, 0.2) is 42.5 Å². The second-order valence-electron chi connectivity index (χ2n) is 3.97. The minimum atomic E-state index is -0.0675. The average molecular weight is 279 g/mol. The molecule has 2 aromatic carbocycles. The maximum absolute atomic E-state index is 12.2. The molecule has 2 aromatic rings. The second kappa shape index (κ2) is 5.55. The van der Waals surface area contributed by atoms with Gasteiger partial charge in [0.25, 0.3) is 0 Å². The summed E-state index contributed by atoms with van der Waals surface area (Å²) in [6, 6.07) is 12.4. The number of halogens is 2. The molecule has 0 amide bonds. The van der Waals surface area contributed by atoms with Gasteiger partial charge in [0.15, 0.2) is 5.78 Å². The molecule has 1 nitrogen and oxygen atoms in total. The van der Waals surface area contributed by atoms with E-state index in [2.05, 4.69) is 0 Å². The summed E-state index contributed by atoms with van der Waals surface area (Å²) >= 11 is 12.3. The minimum absolute atomic E-state index is 0.0675. The molecule has 0 atom stereocenters. The van der Waals surface area contributed by atoms with Crippen molar-refractivity contribution in [2.75, 3.05) is 0 Å². The van der Waals surface area contributed by atoms with Crippen LogP contribution >= 0.6 is 23.2 Å². The Kier molecular flexibility index (Phi) is 4.05. The number of rotatable bonds is 3. The lowest BCUT2D eigenvalue weighted by molar-refractivity contribution is 0.103. The van der Waals surface area contributed by atoms with Crippen LogP contribution in [0.4, 0.5) is 0 Å². The Labute approximate surface area is 116 Å². The van der Waals surface area contributed by atoms with Gasteiger partial charge >= 0.3 is 0 Å². The van der Waals surface area contributed by atoms with E-state index in [1.54, 1.807) is 24.3 Å². The summed E-state index contributed by atoms with van der Waals surface area (Å²) < 4.78 is 0. The van der Waals surface area contributed by atoms with Crippen molar-refractivity contribution in [2.45, 2.75) is 13.3 Å². The summed E-state index contributed by atoms with van der Waals surface area (Å²) in [5.41, 5.74) is 2.03. The smallest absolute Gasteiger partial charge is 0.193 e. The SMILES string of the molecule is CCc1c(Cl)cc(C(=O)c2ccccc2)cc1Cl. The molecule has 0 aliphatic carbocycles. The highest BCUT2D eigenvalue weighted by atomic mass is 35.5. The van der Waals surface area contributed by atoms with E-state index in [0.717, 1.165) is 12.0 Å². The zero-order valence-electron chi connectivity index (χ0n) is 9.91. The molecule has 0 N–H and O–H groups in total. The highest BCUT2D eigenvalue weighted by molar-refractivity contribution is 6.36. The first-order valence-electron chi connectivity index (χ1n) is 5.71. The van der Waals surface area contributed by atoms with E-state index in [0.29, 0.717) is 21.2 Å². The molecule has 0 spiro atoms. The Morgan fingerprint density at radius 2 is 1.56 bits per heavy atom. The first-order chi connectivity index (χ1) is 8.63. The summed E-state index contributed by atoms with van der Waals surface area (Å²) in [7, 11) is 0. The van der Waals surface area contributed by atoms with Crippen molar-refractivity contribution in [1.29, 1.82) is 0 Å². The Balaban J connectivity index is 2.44. The molecule has 18 heavy (non-hydrogen) atoms. The normalized spacial score (nSPS) is 10.4. The molecule has 92 valence electrons. The third-order valence-corrected chi connectivity index (χ3v) is 3.47. The molecule has 0 bridgehead atoms. The maximum Gasteiger partial charge on any atom is 0.193 e. The molecule has 2 rings (SSSR count). The van der Waals surface area contributed by atoms with E-state index in [4.69, 9.17) is 23.2 Å². The number of hydrogen-bond donors (Lipinski definition) is 0. The van der Waals surface area contributed by atoms with Gasteiger partial charge in [0.05, 0.1) is 0 Å². The van der Waals surface area contributed by atoms with Crippen LogP contribution in [-0.2, 0) is 6.42 Å². The van der Waals surface area contributed by atoms with E-state index in [9.17, 15) is 4.79 Å². The van der Waals surface area contributed by atoms with Gasteiger partial charge in [-0.15, -0.1) is 0 Å². The predicted octanol–water partition coefficient (Wildman–Crippen LogP) is 4.79. The topological polar surface area (TPSA) is 17.1 Å². The van der Waals surface area contributed by atoms with E-state index in [-0.39, 0.29) is 5.78 Å². The van der Waals surface area contributed by atoms with E-state index >= 15 is 0 Å². The van der Waals surface area contributed by atoms with Gasteiger partial charge in [-0.05, 0) is 24.1 Å². The molecule has 3 heteroatoms. The lowest BCUT2D eigenvalue weighted by atomic mass is 10.0. The van der Waals surface area contributed by atoms with Crippen molar-refractivity contribution in [2.24, 2.45) is 0 Å². The molecule has 0 fully saturated rings. The highest BCUT2D eigenvalue weighted by Gasteiger charge is 2.13. The molecular weight excluding hydrogens is 267 g/mol. The number of hydrogen-bond acceptors (Lipinski definition) is 1. The monoisotopic (exact) mass is 278 g/mol. The number of carbonyl (C=O) groups is 1. The molecule has 0 radical (unpaired) electrons. The zero-order chi connectivity index (χ0) is 13.1. The third-order valence-electron chi connectivity index (χ3n) is 2.79. The van der Waals surface area contributed by atoms with E-state index in [1.807, 2.05) is 25.1 Å². The van der Waals surface area contributed by atoms with Gasteiger partial charge in [0.2, 0.25) is 0 Å². The fourth-order valence-corrected chi connectivity index (χ4v) is 2.58. The van der Waals surface area contributed by atoms with Crippen LogP contribution in [0.1, 0.15) is 28.4 Å². The zero-order valence-corrected chi connectivity index (χ0v) is 11.4. The predicted molar refractivity (Wildman–Crippen MR) is 75.7 cm³/mol. The van der Waals surface area contributed by atoms with Crippen molar-refractivity contribution < 1.29 is 4.79 Å². The van der Waals surface area contributed by atoms with Crippen LogP contribution in [0.25, 0.3) is 0 Å². The van der Waals surface area contributed by atoms with Crippen molar-refractivity contribution >= 4 is 29.0 Å². The molecular formula is C15H12Cl2O. The maximum atomic E-state index is 12.2. The summed E-state index contributed by atoms with van der Waals surface area (Å²) in [6.45, 7) is 1.98. The Morgan fingerprint density at radius 1 is 1.00 bits per heavy atom. The van der Waals surface area contributed by atoms with Gasteiger partial charge in [-0.25, -0.2) is 0 Å². The summed E-state index contributed by atoms with van der Waals surface area (Å²) in [5.74, 6) is -0.0675. The fourth-order valence-electron chi connectivity index (χ4n) is 1.83. The van der Waals surface area contributed by atoms with Gasteiger partial charge in [0.1, 0.15) is 0 Å². The van der Waals surface area contributed by atoms with Crippen LogP contribution in [-0.4, -0.2) is 5.78 Å². The largest absolute Gasteiger partial charge is 0.289 e. The van der Waals surface area contributed by atoms with Crippen molar-refractivity contribution in [3.8, 4) is 0 Å². The number of benzene rings is 2. The van der Waals surface area contributed by atoms with Crippen molar-refractivity contribution in [1.82, 2.24) is 0 Å². The van der Waals surface area contributed by atoms with Crippen LogP contribution < -0.4 is 0 Å². The fraction of sp³-hybridized carbons (Fsp3) is 0.133. The standard InChI is InChI=1S/C15H12Cl2O/c1-2-12-13(16)8-11(9-14(12)17)15(18)10-6-4-3-5-7-10/h3-9H,2H2,1H3. The Hall–Kier alpha value is -1.31. The summed E-state index contributed by atoms with van der Waals surface area (Å²) in [6.07, 6.45) is 0.747. The Bertz CT molecular complexity index is 553. The molecule has 0 unspecified atom stereocenters. The van der Waals surface area contributed by atoms with Gasteiger partial charge in [0, 0.05) is 21.2 Å². The summed E-state index contributed by atoms with van der Waals surface area (Å²) in [5, 5.41) is 1.09. The van der Waals surface area contributed by atoms with Crippen LogP contribution in [0.2, 0.25) is 10.0 Å². The first kappa shape index (κ1) is 13.1. The van der Waals surface area contributed by atoms with Gasteiger partial charge < -0.3 is 0 Å².